The van der Waals surface area contributed by atoms with Crippen LogP contribution in [-0.4, -0.2) is 28.7 Å². The van der Waals surface area contributed by atoms with Gasteiger partial charge in [-0.25, -0.2) is 0 Å². The van der Waals surface area contributed by atoms with Crippen LogP contribution in [-0.2, 0) is 4.79 Å². The van der Waals surface area contributed by atoms with Crippen molar-refractivity contribution in [2.45, 2.75) is 45.4 Å². The highest BCUT2D eigenvalue weighted by atomic mass is 16.3. The molecule has 5 nitrogen and oxygen atoms in total. The Morgan fingerprint density at radius 1 is 1.65 bits per heavy atom. The van der Waals surface area contributed by atoms with E-state index >= 15 is 0 Å². The first-order valence-corrected chi connectivity index (χ1v) is 5.69. The maximum Gasteiger partial charge on any atom is 0.256 e. The van der Waals surface area contributed by atoms with Crippen LogP contribution in [0.5, 0.6) is 0 Å². The first kappa shape index (κ1) is 13.7. The maximum absolute atomic E-state index is 11.6. The minimum atomic E-state index is -1.40. The predicted molar refractivity (Wildman–Crippen MR) is 66.9 cm³/mol. The average Bonchev–Trinajstić information content (AvgIpc) is 2.14. The molecule has 1 aliphatic heterocycles. The van der Waals surface area contributed by atoms with Crippen molar-refractivity contribution in [2.75, 3.05) is 0 Å². The van der Waals surface area contributed by atoms with Crippen LogP contribution >= 0.6 is 0 Å². The van der Waals surface area contributed by atoms with E-state index in [1.807, 2.05) is 19.9 Å². The van der Waals surface area contributed by atoms with Crippen LogP contribution in [0.1, 0.15) is 27.7 Å². The zero-order valence-electron chi connectivity index (χ0n) is 10.7. The van der Waals surface area contributed by atoms with Crippen molar-refractivity contribution in [3.8, 4) is 0 Å². The molecule has 0 aliphatic carbocycles. The Hall–Kier alpha value is -1.33. The number of carbonyl (C=O) groups is 1. The van der Waals surface area contributed by atoms with E-state index in [9.17, 15) is 9.90 Å². The van der Waals surface area contributed by atoms with E-state index in [0.29, 0.717) is 5.82 Å². The van der Waals surface area contributed by atoms with Gasteiger partial charge in [-0.2, -0.15) is 0 Å². The fraction of sp³-hybridized carbons (Fsp3) is 0.583. The number of rotatable bonds is 3. The van der Waals surface area contributed by atoms with Crippen LogP contribution in [0.3, 0.4) is 0 Å². The van der Waals surface area contributed by atoms with Gasteiger partial charge in [-0.15, -0.1) is 0 Å². The highest BCUT2D eigenvalue weighted by Crippen LogP contribution is 2.12. The zero-order chi connectivity index (χ0) is 13.2. The summed E-state index contributed by atoms with van der Waals surface area (Å²) in [7, 11) is 0. The maximum atomic E-state index is 11.6. The normalized spacial score (nSPS) is 22.1. The Kier molecular flexibility index (Phi) is 3.95. The van der Waals surface area contributed by atoms with Crippen LogP contribution in [0.2, 0.25) is 0 Å². The summed E-state index contributed by atoms with van der Waals surface area (Å²) < 4.78 is 0. The van der Waals surface area contributed by atoms with Crippen LogP contribution in [0, 0.1) is 0 Å². The van der Waals surface area contributed by atoms with E-state index in [1.54, 1.807) is 6.08 Å². The molecule has 0 saturated carbocycles. The van der Waals surface area contributed by atoms with Gasteiger partial charge in [0.2, 0.25) is 0 Å². The van der Waals surface area contributed by atoms with Crippen LogP contribution in [0.25, 0.3) is 0 Å². The highest BCUT2D eigenvalue weighted by Gasteiger charge is 2.25. The lowest BCUT2D eigenvalue weighted by Gasteiger charge is -2.25. The van der Waals surface area contributed by atoms with Gasteiger partial charge in [-0.1, -0.05) is 6.08 Å². The van der Waals surface area contributed by atoms with Gasteiger partial charge in [0.05, 0.1) is 0 Å². The number of nitrogens with one attached hydrogen (secondary N) is 2. The van der Waals surface area contributed by atoms with Crippen molar-refractivity contribution in [3.63, 3.8) is 0 Å². The standard InChI is InChI=1S/C12H21N3O2/c1-7-5-9(8(2)13)6-10(14-7)15-11(16)12(3,4)17/h5-8,14,17H,13H2,1-4H3,(H,15,16). The van der Waals surface area contributed by atoms with Crippen molar-refractivity contribution in [1.82, 2.24) is 10.6 Å². The summed E-state index contributed by atoms with van der Waals surface area (Å²) in [5.74, 6) is 0.119. The number of dihydropyridines is 1. The first-order valence-electron chi connectivity index (χ1n) is 5.69. The molecule has 0 aromatic rings. The van der Waals surface area contributed by atoms with Gasteiger partial charge < -0.3 is 21.5 Å². The van der Waals surface area contributed by atoms with E-state index in [4.69, 9.17) is 5.73 Å². The number of nitrogens with two attached hydrogens (primary N) is 1. The Labute approximate surface area is 102 Å². The van der Waals surface area contributed by atoms with Gasteiger partial charge in [-0.05, 0) is 39.3 Å². The molecular weight excluding hydrogens is 218 g/mol. The number of aliphatic hydroxyl groups is 1. The minimum Gasteiger partial charge on any atom is -0.381 e. The second-order valence-electron chi connectivity index (χ2n) is 4.96. The molecule has 2 atom stereocenters. The topological polar surface area (TPSA) is 87.4 Å². The van der Waals surface area contributed by atoms with Crippen LogP contribution < -0.4 is 16.4 Å². The second kappa shape index (κ2) is 4.89. The number of hydrogen-bond donors (Lipinski definition) is 4. The summed E-state index contributed by atoms with van der Waals surface area (Å²) in [5, 5.41) is 15.3. The Morgan fingerprint density at radius 2 is 2.24 bits per heavy atom. The summed E-state index contributed by atoms with van der Waals surface area (Å²) in [4.78, 5) is 11.6. The molecule has 5 N–H and O–H groups in total. The lowest BCUT2D eigenvalue weighted by atomic mass is 10.0. The average molecular weight is 239 g/mol. The van der Waals surface area contributed by atoms with Crippen molar-refractivity contribution >= 4 is 5.91 Å². The van der Waals surface area contributed by atoms with Gasteiger partial charge in [0.1, 0.15) is 11.4 Å². The molecule has 0 aromatic heterocycles. The van der Waals surface area contributed by atoms with Crippen LogP contribution in [0.15, 0.2) is 23.5 Å². The Balaban J connectivity index is 2.79. The third kappa shape index (κ3) is 3.87. The summed E-state index contributed by atoms with van der Waals surface area (Å²) in [6.07, 6.45) is 3.79. The second-order valence-corrected chi connectivity index (χ2v) is 4.96. The number of carbonyl (C=O) groups excluding carboxylic acids is 1. The molecule has 0 aromatic carbocycles. The molecule has 1 amide bonds. The Morgan fingerprint density at radius 3 is 2.71 bits per heavy atom. The monoisotopic (exact) mass is 239 g/mol. The van der Waals surface area contributed by atoms with E-state index in [-0.39, 0.29) is 12.1 Å². The third-order valence-corrected chi connectivity index (χ3v) is 2.47. The quantitative estimate of drug-likeness (QED) is 0.557. The van der Waals surface area contributed by atoms with E-state index in [1.165, 1.54) is 13.8 Å². The molecule has 0 radical (unpaired) electrons. The molecular formula is C12H21N3O2. The van der Waals surface area contributed by atoms with Gasteiger partial charge in [0.25, 0.3) is 5.91 Å². The van der Waals surface area contributed by atoms with E-state index in [0.717, 1.165) is 5.57 Å². The molecule has 17 heavy (non-hydrogen) atoms. The van der Waals surface area contributed by atoms with Gasteiger partial charge in [0, 0.05) is 12.1 Å². The van der Waals surface area contributed by atoms with Crippen molar-refractivity contribution < 1.29 is 9.90 Å². The number of hydrogen-bond acceptors (Lipinski definition) is 4. The predicted octanol–water partition coefficient (Wildman–Crippen LogP) is -0.0198. The summed E-state index contributed by atoms with van der Waals surface area (Å²) in [6, 6.07) is 0.00620. The first-order chi connectivity index (χ1) is 7.70. The van der Waals surface area contributed by atoms with Crippen molar-refractivity contribution in [1.29, 1.82) is 0 Å². The fourth-order valence-electron chi connectivity index (χ4n) is 1.46. The summed E-state index contributed by atoms with van der Waals surface area (Å²) >= 11 is 0. The molecule has 1 rings (SSSR count). The molecule has 1 heterocycles. The third-order valence-electron chi connectivity index (χ3n) is 2.47. The van der Waals surface area contributed by atoms with E-state index < -0.39 is 11.5 Å². The smallest absolute Gasteiger partial charge is 0.256 e. The van der Waals surface area contributed by atoms with Gasteiger partial charge in [-0.3, -0.25) is 4.79 Å². The van der Waals surface area contributed by atoms with Crippen molar-refractivity contribution in [3.05, 3.63) is 23.5 Å². The minimum absolute atomic E-state index is 0.0893. The SMILES string of the molecule is CC1C=C(C(C)N)C=C(NC(=O)C(C)(C)O)N1. The van der Waals surface area contributed by atoms with E-state index in [2.05, 4.69) is 10.6 Å². The Bertz CT molecular complexity index is 364. The summed E-state index contributed by atoms with van der Waals surface area (Å²) in [5.41, 5.74) is 5.36. The largest absolute Gasteiger partial charge is 0.381 e. The molecule has 1 aliphatic rings. The molecule has 0 spiro atoms. The van der Waals surface area contributed by atoms with Crippen LogP contribution in [0.4, 0.5) is 0 Å². The van der Waals surface area contributed by atoms with Gasteiger partial charge >= 0.3 is 0 Å². The van der Waals surface area contributed by atoms with Crippen molar-refractivity contribution in [2.24, 2.45) is 5.73 Å². The molecule has 0 saturated heterocycles. The lowest BCUT2D eigenvalue weighted by Crippen LogP contribution is -2.46. The lowest BCUT2D eigenvalue weighted by molar-refractivity contribution is -0.135. The highest BCUT2D eigenvalue weighted by molar-refractivity contribution is 5.85. The zero-order valence-corrected chi connectivity index (χ0v) is 10.7. The molecule has 0 fully saturated rings. The molecule has 96 valence electrons. The number of amides is 1. The molecule has 2 unspecified atom stereocenters. The molecule has 5 heteroatoms. The molecule has 0 bridgehead atoms. The summed E-state index contributed by atoms with van der Waals surface area (Å²) in [6.45, 7) is 6.73. The van der Waals surface area contributed by atoms with Gasteiger partial charge in [0.15, 0.2) is 0 Å². The fourth-order valence-corrected chi connectivity index (χ4v) is 1.46.